The SMILES string of the molecule is Bc1c(Cl)cccc1[C@@H](CC)OC[C@H]1CO1. The minimum Gasteiger partial charge on any atom is -0.371 e. The Kier molecular flexibility index (Phi) is 3.90. The largest absolute Gasteiger partial charge is 0.371 e. The van der Waals surface area contributed by atoms with Crippen molar-refractivity contribution in [3.8, 4) is 0 Å². The molecule has 16 heavy (non-hydrogen) atoms. The number of rotatable bonds is 5. The van der Waals surface area contributed by atoms with E-state index in [1.54, 1.807) is 0 Å². The summed E-state index contributed by atoms with van der Waals surface area (Å²) in [5, 5.41) is 0.808. The monoisotopic (exact) mass is 238 g/mol. The van der Waals surface area contributed by atoms with Crippen molar-refractivity contribution < 1.29 is 9.47 Å². The molecule has 1 aromatic carbocycles. The molecule has 0 aliphatic carbocycles. The van der Waals surface area contributed by atoms with Gasteiger partial charge in [-0.15, -0.1) is 0 Å². The van der Waals surface area contributed by atoms with E-state index < -0.39 is 0 Å². The van der Waals surface area contributed by atoms with Crippen LogP contribution in [0.1, 0.15) is 25.0 Å². The molecule has 0 spiro atoms. The van der Waals surface area contributed by atoms with Crippen LogP contribution >= 0.6 is 11.6 Å². The minimum absolute atomic E-state index is 0.128. The van der Waals surface area contributed by atoms with Gasteiger partial charge in [0.15, 0.2) is 0 Å². The molecule has 0 unspecified atom stereocenters. The summed E-state index contributed by atoms with van der Waals surface area (Å²) in [6.45, 7) is 3.65. The second-order valence-corrected chi connectivity index (χ2v) is 4.55. The van der Waals surface area contributed by atoms with Crippen LogP contribution in [0.25, 0.3) is 0 Å². The molecule has 2 nitrogen and oxygen atoms in total. The fourth-order valence-corrected chi connectivity index (χ4v) is 1.97. The Morgan fingerprint density at radius 1 is 1.62 bits per heavy atom. The molecule has 2 atom stereocenters. The predicted octanol–water partition coefficient (Wildman–Crippen LogP) is 1.46. The third-order valence-corrected chi connectivity index (χ3v) is 3.32. The summed E-state index contributed by atoms with van der Waals surface area (Å²) >= 11 is 6.11. The summed E-state index contributed by atoms with van der Waals surface area (Å²) in [5.41, 5.74) is 2.31. The Bertz CT molecular complexity index is 366. The summed E-state index contributed by atoms with van der Waals surface area (Å²) in [6.07, 6.45) is 1.39. The van der Waals surface area contributed by atoms with E-state index in [0.717, 1.165) is 23.5 Å². The number of hydrogen-bond donors (Lipinski definition) is 0. The second kappa shape index (κ2) is 5.22. The molecule has 1 aliphatic rings. The normalized spacial score (nSPS) is 20.8. The average Bonchev–Trinajstić information content (AvgIpc) is 3.08. The molecule has 0 amide bonds. The van der Waals surface area contributed by atoms with Gasteiger partial charge in [-0.2, -0.15) is 0 Å². The molecule has 1 aliphatic heterocycles. The zero-order chi connectivity index (χ0) is 11.5. The Labute approximate surface area is 102 Å². The first-order valence-electron chi connectivity index (χ1n) is 5.70. The van der Waals surface area contributed by atoms with Crippen LogP contribution in [0.2, 0.25) is 5.02 Å². The van der Waals surface area contributed by atoms with Gasteiger partial charge in [0.25, 0.3) is 0 Å². The Balaban J connectivity index is 2.08. The maximum atomic E-state index is 6.11. The molecule has 0 bridgehead atoms. The quantitative estimate of drug-likeness (QED) is 0.572. The van der Waals surface area contributed by atoms with Gasteiger partial charge in [-0.25, -0.2) is 0 Å². The molecule has 1 fully saturated rings. The maximum Gasteiger partial charge on any atom is 0.141 e. The number of epoxide rings is 1. The lowest BCUT2D eigenvalue weighted by Crippen LogP contribution is -2.18. The first-order chi connectivity index (χ1) is 7.72. The van der Waals surface area contributed by atoms with Crippen molar-refractivity contribution >= 4 is 24.9 Å². The van der Waals surface area contributed by atoms with Gasteiger partial charge in [0, 0.05) is 5.02 Å². The lowest BCUT2D eigenvalue weighted by Gasteiger charge is -2.19. The molecule has 86 valence electrons. The highest BCUT2D eigenvalue weighted by Gasteiger charge is 2.24. The fraction of sp³-hybridized carbons (Fsp3) is 0.500. The van der Waals surface area contributed by atoms with Crippen LogP contribution in [-0.4, -0.2) is 27.2 Å². The van der Waals surface area contributed by atoms with Crippen molar-refractivity contribution in [2.75, 3.05) is 13.2 Å². The average molecular weight is 239 g/mol. The lowest BCUT2D eigenvalue weighted by molar-refractivity contribution is 0.0401. The van der Waals surface area contributed by atoms with Crippen LogP contribution in [0.3, 0.4) is 0 Å². The van der Waals surface area contributed by atoms with E-state index in [1.165, 1.54) is 5.56 Å². The molecule has 1 heterocycles. The highest BCUT2D eigenvalue weighted by molar-refractivity contribution is 6.45. The zero-order valence-corrected chi connectivity index (χ0v) is 10.5. The van der Waals surface area contributed by atoms with Gasteiger partial charge >= 0.3 is 0 Å². The van der Waals surface area contributed by atoms with Crippen molar-refractivity contribution in [1.29, 1.82) is 0 Å². The van der Waals surface area contributed by atoms with E-state index in [0.29, 0.717) is 12.7 Å². The minimum atomic E-state index is 0.128. The molecule has 1 aromatic rings. The zero-order valence-electron chi connectivity index (χ0n) is 9.70. The third-order valence-electron chi connectivity index (χ3n) is 2.91. The molecule has 0 saturated carbocycles. The van der Waals surface area contributed by atoms with Crippen LogP contribution in [0.5, 0.6) is 0 Å². The Morgan fingerprint density at radius 3 is 3.00 bits per heavy atom. The number of benzene rings is 1. The molecule has 2 rings (SSSR count). The first-order valence-corrected chi connectivity index (χ1v) is 6.08. The fourth-order valence-electron chi connectivity index (χ4n) is 1.79. The van der Waals surface area contributed by atoms with Crippen LogP contribution in [0.4, 0.5) is 0 Å². The van der Waals surface area contributed by atoms with Gasteiger partial charge in [-0.3, -0.25) is 0 Å². The molecule has 0 N–H and O–H groups in total. The number of hydrogen-bond acceptors (Lipinski definition) is 2. The summed E-state index contributed by atoms with van der Waals surface area (Å²) < 4.78 is 11.0. The topological polar surface area (TPSA) is 21.8 Å². The third kappa shape index (κ3) is 2.79. The lowest BCUT2D eigenvalue weighted by atomic mass is 9.87. The molecule has 0 radical (unpaired) electrons. The summed E-state index contributed by atoms with van der Waals surface area (Å²) in [4.78, 5) is 0. The van der Waals surface area contributed by atoms with Crippen LogP contribution < -0.4 is 5.46 Å². The number of halogens is 1. The van der Waals surface area contributed by atoms with Crippen molar-refractivity contribution in [1.82, 2.24) is 0 Å². The van der Waals surface area contributed by atoms with E-state index in [2.05, 4.69) is 13.0 Å². The molecule has 0 aromatic heterocycles. The molecule has 1 saturated heterocycles. The predicted molar refractivity (Wildman–Crippen MR) is 68.4 cm³/mol. The van der Waals surface area contributed by atoms with Gasteiger partial charge < -0.3 is 9.47 Å². The van der Waals surface area contributed by atoms with E-state index in [4.69, 9.17) is 21.1 Å². The Morgan fingerprint density at radius 2 is 2.38 bits per heavy atom. The summed E-state index contributed by atoms with van der Waals surface area (Å²) in [6, 6.07) is 5.98. The standard InChI is InChI=1S/C12H16BClO2/c1-2-11(16-7-8-6-15-8)9-4-3-5-10(14)12(9)13/h3-5,8,11H,2,6-7,13H2,1H3/t8-,11-/m1/s1. The van der Waals surface area contributed by atoms with Crippen LogP contribution in [0, 0.1) is 0 Å². The van der Waals surface area contributed by atoms with Crippen molar-refractivity contribution in [2.24, 2.45) is 0 Å². The second-order valence-electron chi connectivity index (χ2n) is 4.14. The smallest absolute Gasteiger partial charge is 0.141 e. The summed E-state index contributed by atoms with van der Waals surface area (Å²) in [7, 11) is 2.04. The summed E-state index contributed by atoms with van der Waals surface area (Å²) in [5.74, 6) is 0. The van der Waals surface area contributed by atoms with E-state index in [-0.39, 0.29) is 6.10 Å². The maximum absolute atomic E-state index is 6.11. The van der Waals surface area contributed by atoms with E-state index >= 15 is 0 Å². The van der Waals surface area contributed by atoms with Crippen molar-refractivity contribution in [2.45, 2.75) is 25.6 Å². The molecule has 4 heteroatoms. The van der Waals surface area contributed by atoms with Gasteiger partial charge in [0.1, 0.15) is 14.0 Å². The first kappa shape index (κ1) is 12.0. The Hall–Kier alpha value is -0.505. The van der Waals surface area contributed by atoms with Gasteiger partial charge in [0.05, 0.1) is 19.3 Å². The van der Waals surface area contributed by atoms with E-state index in [9.17, 15) is 0 Å². The molecular formula is C12H16BClO2. The van der Waals surface area contributed by atoms with Crippen molar-refractivity contribution in [3.63, 3.8) is 0 Å². The van der Waals surface area contributed by atoms with E-state index in [1.807, 2.05) is 20.0 Å². The number of ether oxygens (including phenoxy) is 2. The van der Waals surface area contributed by atoms with Gasteiger partial charge in [0.2, 0.25) is 0 Å². The van der Waals surface area contributed by atoms with Gasteiger partial charge in [-0.1, -0.05) is 36.1 Å². The van der Waals surface area contributed by atoms with Crippen LogP contribution in [0.15, 0.2) is 18.2 Å². The molecular weight excluding hydrogens is 222 g/mol. The van der Waals surface area contributed by atoms with Crippen LogP contribution in [-0.2, 0) is 9.47 Å². The highest BCUT2D eigenvalue weighted by Crippen LogP contribution is 2.23. The highest BCUT2D eigenvalue weighted by atomic mass is 35.5. The van der Waals surface area contributed by atoms with Gasteiger partial charge in [-0.05, 0) is 18.1 Å². The van der Waals surface area contributed by atoms with Crippen molar-refractivity contribution in [3.05, 3.63) is 28.8 Å².